The van der Waals surface area contributed by atoms with Gasteiger partial charge in [0.2, 0.25) is 0 Å². The number of hydrogen-bond acceptors (Lipinski definition) is 10. The molecule has 0 atom stereocenters. The van der Waals surface area contributed by atoms with E-state index >= 15 is 0 Å². The van der Waals surface area contributed by atoms with Crippen LogP contribution in [0.2, 0.25) is 0 Å². The van der Waals surface area contributed by atoms with E-state index in [0.717, 1.165) is 65.5 Å². The third-order valence-electron chi connectivity index (χ3n) is 10.3. The van der Waals surface area contributed by atoms with Gasteiger partial charge in [-0.15, -0.1) is 0 Å². The molecule has 0 fully saturated rings. The van der Waals surface area contributed by atoms with Crippen LogP contribution in [0.3, 0.4) is 0 Å². The van der Waals surface area contributed by atoms with Crippen LogP contribution in [0.5, 0.6) is 34.5 Å². The van der Waals surface area contributed by atoms with E-state index in [2.05, 4.69) is 39.9 Å². The largest absolute Gasteiger partial charge is 0.493 e. The van der Waals surface area contributed by atoms with Crippen molar-refractivity contribution in [3.63, 3.8) is 0 Å². The summed E-state index contributed by atoms with van der Waals surface area (Å²) in [6, 6.07) is 20.5. The van der Waals surface area contributed by atoms with Crippen molar-refractivity contribution in [2.24, 2.45) is 0 Å². The second-order valence-electron chi connectivity index (χ2n) is 12.6. The summed E-state index contributed by atoms with van der Waals surface area (Å²) >= 11 is 14.4. The average Bonchev–Trinajstić information content (AvgIpc) is 3.18. The first kappa shape index (κ1) is 35.4. The fourth-order valence-electron chi connectivity index (χ4n) is 8.55. The van der Waals surface area contributed by atoms with Gasteiger partial charge in [-0.1, -0.05) is 106 Å². The average molecular weight is 770 g/mol. The minimum Gasteiger partial charge on any atom is -0.493 e. The van der Waals surface area contributed by atoms with Gasteiger partial charge in [-0.2, -0.15) is 0 Å². The summed E-state index contributed by atoms with van der Waals surface area (Å²) in [4.78, 5) is 0. The molecule has 3 aliphatic heterocycles. The fourth-order valence-corrected chi connectivity index (χ4v) is 8.55. The molecular formula is C37H33B3Cl3N3O7. The van der Waals surface area contributed by atoms with Crippen molar-refractivity contribution in [1.82, 2.24) is 0 Å². The molecule has 4 N–H and O–H groups in total. The number of halogens is 3. The summed E-state index contributed by atoms with van der Waals surface area (Å²) in [6.07, 6.45) is 0. The lowest BCUT2D eigenvalue weighted by Crippen LogP contribution is -2.54. The monoisotopic (exact) mass is 769 g/mol. The van der Waals surface area contributed by atoms with E-state index in [1.165, 1.54) is 0 Å². The van der Waals surface area contributed by atoms with Crippen LogP contribution in [0, 0.1) is 0 Å². The van der Waals surface area contributed by atoms with Crippen LogP contribution in [0.1, 0.15) is 0 Å². The number of methoxy groups -OCH3 is 6. The molecule has 10 nitrogen and oxygen atoms in total. The Hall–Kier alpha value is -4.68. The zero-order chi connectivity index (χ0) is 37.3. The molecule has 6 aromatic rings. The molecule has 0 saturated heterocycles. The molecule has 3 heterocycles. The van der Waals surface area contributed by atoms with Gasteiger partial charge in [0.15, 0.2) is 38.8 Å². The Morgan fingerprint density at radius 2 is 0.755 bits per heavy atom. The van der Waals surface area contributed by atoms with Crippen molar-refractivity contribution < 1.29 is 33.4 Å². The molecule has 16 heteroatoms. The number of anilines is 3. The summed E-state index contributed by atoms with van der Waals surface area (Å²) in [5.74, 6) is 3.17. The lowest BCUT2D eigenvalue weighted by Gasteiger charge is -2.39. The summed E-state index contributed by atoms with van der Waals surface area (Å²) in [7, 11) is 8.68. The molecule has 0 saturated carbocycles. The Bertz CT molecular complexity index is 2370. The van der Waals surface area contributed by atoms with Crippen LogP contribution in [0.25, 0.3) is 32.3 Å². The standard InChI is InChI=1S/C36H32B3N3O7.CHCl3/c1-44-31-25-19-22-20-24-21-23(19)29(41-37(25)17-13-9-7-10-14-17)35(48-5)33(46-3)27(21)39(43)42-30(24)36(49-6)32(45-2)26(20)38(18-15-11-8-12-16-18)40-28(22)34(31)47-4;2-1(3)4/h7-16,40-43H,1-6H3;1H. The third-order valence-corrected chi connectivity index (χ3v) is 10.3. The zero-order valence-corrected chi connectivity index (χ0v) is 31.9. The van der Waals surface area contributed by atoms with Gasteiger partial charge in [0.1, 0.15) is 0 Å². The predicted octanol–water partition coefficient (Wildman–Crippen LogP) is 4.36. The molecular weight excluding hydrogens is 737 g/mol. The maximum absolute atomic E-state index is 11.9. The first-order valence-corrected chi connectivity index (χ1v) is 18.0. The van der Waals surface area contributed by atoms with E-state index in [1.54, 1.807) is 42.7 Å². The Balaban J connectivity index is 0.000000954. The van der Waals surface area contributed by atoms with Gasteiger partial charge in [0.05, 0.1) is 59.7 Å². The minimum absolute atomic E-state index is 0.363. The van der Waals surface area contributed by atoms with Crippen molar-refractivity contribution in [2.45, 2.75) is 4.30 Å². The first-order chi connectivity index (χ1) is 25.8. The van der Waals surface area contributed by atoms with Crippen LogP contribution < -0.4 is 71.4 Å². The second kappa shape index (κ2) is 13.6. The molecule has 0 aliphatic carbocycles. The number of ether oxygens (including phenoxy) is 6. The Morgan fingerprint density at radius 3 is 1.09 bits per heavy atom. The summed E-state index contributed by atoms with van der Waals surface area (Å²) < 4.78 is 36.5. The van der Waals surface area contributed by atoms with Gasteiger partial charge < -0.3 is 49.1 Å². The summed E-state index contributed by atoms with van der Waals surface area (Å²) in [6.45, 7) is -0.727. The quantitative estimate of drug-likeness (QED) is 0.101. The van der Waals surface area contributed by atoms with Gasteiger partial charge in [-0.05, 0) is 16.2 Å². The molecule has 0 unspecified atom stereocenters. The second-order valence-corrected chi connectivity index (χ2v) is 14.6. The lowest BCUT2D eigenvalue weighted by atomic mass is 9.45. The summed E-state index contributed by atoms with van der Waals surface area (Å²) in [5.41, 5.74) is 6.61. The SMILES string of the molecule is COc1c(OC)c2c3c4c1NB(O)c1c(OC)c(OC)c5c(c14)c1c(c(OC)c(OC)c(c31)NB2c1ccccc1)B(c1ccccc1)N5.ClC(Cl)Cl. The molecule has 0 bridgehead atoms. The van der Waals surface area contributed by atoms with Gasteiger partial charge >= 0.3 is 20.7 Å². The van der Waals surface area contributed by atoms with Gasteiger partial charge in [0.25, 0.3) is 0 Å². The molecule has 268 valence electrons. The van der Waals surface area contributed by atoms with Crippen LogP contribution in [-0.2, 0) is 0 Å². The molecule has 53 heavy (non-hydrogen) atoms. The fraction of sp³-hybridized carbons (Fsp3) is 0.189. The maximum Gasteiger partial charge on any atom is 0.451 e. The molecule has 9 rings (SSSR count). The number of hydrogen-bond donors (Lipinski definition) is 4. The van der Waals surface area contributed by atoms with E-state index in [-0.39, 0.29) is 13.7 Å². The Morgan fingerprint density at radius 1 is 0.453 bits per heavy atom. The number of rotatable bonds is 8. The van der Waals surface area contributed by atoms with E-state index in [9.17, 15) is 5.02 Å². The topological polar surface area (TPSA) is 112 Å². The first-order valence-electron chi connectivity index (χ1n) is 16.7. The van der Waals surface area contributed by atoms with E-state index in [4.69, 9.17) is 63.2 Å². The molecule has 0 amide bonds. The normalized spacial score (nSPS) is 13.2. The smallest absolute Gasteiger partial charge is 0.451 e. The van der Waals surface area contributed by atoms with Gasteiger partial charge in [-0.25, -0.2) is 0 Å². The number of alkyl halides is 3. The van der Waals surface area contributed by atoms with Gasteiger partial charge in [-0.3, -0.25) is 0 Å². The van der Waals surface area contributed by atoms with E-state index in [0.29, 0.717) is 45.6 Å². The summed E-state index contributed by atoms with van der Waals surface area (Å²) in [5, 5.41) is 28.4. The van der Waals surface area contributed by atoms with Crippen LogP contribution >= 0.6 is 34.8 Å². The zero-order valence-electron chi connectivity index (χ0n) is 29.6. The van der Waals surface area contributed by atoms with Gasteiger partial charge in [0, 0.05) is 32.5 Å². The lowest BCUT2D eigenvalue weighted by molar-refractivity contribution is 0.358. The molecule has 3 aliphatic rings. The Labute approximate surface area is 322 Å². The highest BCUT2D eigenvalue weighted by atomic mass is 35.6. The molecule has 0 radical (unpaired) electrons. The highest BCUT2D eigenvalue weighted by Gasteiger charge is 2.47. The van der Waals surface area contributed by atoms with Crippen molar-refractivity contribution in [3.8, 4) is 34.5 Å². The van der Waals surface area contributed by atoms with Crippen molar-refractivity contribution in [1.29, 1.82) is 0 Å². The van der Waals surface area contributed by atoms with Crippen molar-refractivity contribution in [3.05, 3.63) is 60.7 Å². The van der Waals surface area contributed by atoms with Crippen molar-refractivity contribution >= 4 is 132 Å². The third kappa shape index (κ3) is 5.01. The number of benzene rings is 6. The number of nitrogens with one attached hydrogen (secondary N) is 3. The van der Waals surface area contributed by atoms with Crippen molar-refractivity contribution in [2.75, 3.05) is 58.3 Å². The van der Waals surface area contributed by atoms with E-state index in [1.807, 2.05) is 36.4 Å². The van der Waals surface area contributed by atoms with E-state index < -0.39 is 11.3 Å². The molecule has 0 spiro atoms. The van der Waals surface area contributed by atoms with Crippen LogP contribution in [0.15, 0.2) is 60.7 Å². The molecule has 6 aromatic carbocycles. The Kier molecular flexibility index (Phi) is 9.09. The van der Waals surface area contributed by atoms with Crippen LogP contribution in [-0.4, -0.2) is 72.7 Å². The highest BCUT2D eigenvalue weighted by molar-refractivity contribution is 6.94. The maximum atomic E-state index is 11.9. The minimum atomic E-state index is -1.16. The molecule has 0 aromatic heterocycles. The highest BCUT2D eigenvalue weighted by Crippen LogP contribution is 2.57. The predicted molar refractivity (Wildman–Crippen MR) is 221 cm³/mol. The van der Waals surface area contributed by atoms with Crippen LogP contribution in [0.4, 0.5) is 17.1 Å².